The Morgan fingerprint density at radius 3 is 2.61 bits per heavy atom. The van der Waals surface area contributed by atoms with Crippen molar-refractivity contribution < 1.29 is 4.79 Å². The van der Waals surface area contributed by atoms with Gasteiger partial charge in [-0.2, -0.15) is 0 Å². The Kier molecular flexibility index (Phi) is 5.98. The van der Waals surface area contributed by atoms with Crippen LogP contribution in [0, 0.1) is 6.92 Å². The number of nitrogen functional groups attached to an aromatic ring is 1. The smallest absolute Gasteiger partial charge is 0.236 e. The lowest BCUT2D eigenvalue weighted by Gasteiger charge is -2.24. The second kappa shape index (κ2) is 7.97. The monoisotopic (exact) mass is 330 g/mol. The van der Waals surface area contributed by atoms with Gasteiger partial charge in [0, 0.05) is 24.8 Å². The van der Waals surface area contributed by atoms with Crippen molar-refractivity contribution in [2.45, 2.75) is 37.7 Å². The minimum atomic E-state index is -0.264. The third kappa shape index (κ3) is 4.96. The van der Waals surface area contributed by atoms with Gasteiger partial charge >= 0.3 is 0 Å². The number of rotatable bonds is 6. The minimum absolute atomic E-state index is 0.0741. The standard InChI is InChI=1S/C17H22N4OS/c1-4-21(11-14-8-6-5-7-9-14)16(22)13(3)23-17-19-12(2)10-15(18)20-17/h5-10,13H,4,11H2,1-3H3,(H2,18,19,20). The molecule has 0 saturated carbocycles. The maximum atomic E-state index is 12.7. The van der Waals surface area contributed by atoms with Crippen LogP contribution < -0.4 is 5.73 Å². The van der Waals surface area contributed by atoms with E-state index in [-0.39, 0.29) is 11.2 Å². The molecule has 1 aromatic carbocycles. The molecule has 1 heterocycles. The predicted molar refractivity (Wildman–Crippen MR) is 94.0 cm³/mol. The molecule has 1 atom stereocenters. The molecule has 122 valence electrons. The van der Waals surface area contributed by atoms with Crippen LogP contribution in [-0.2, 0) is 11.3 Å². The van der Waals surface area contributed by atoms with Crippen molar-refractivity contribution in [3.63, 3.8) is 0 Å². The number of aromatic nitrogens is 2. The number of carbonyl (C=O) groups is 1. The number of benzene rings is 1. The highest BCUT2D eigenvalue weighted by atomic mass is 32.2. The summed E-state index contributed by atoms with van der Waals surface area (Å²) in [4.78, 5) is 23.0. The summed E-state index contributed by atoms with van der Waals surface area (Å²) in [6.07, 6.45) is 0. The zero-order valence-corrected chi connectivity index (χ0v) is 14.5. The molecule has 2 rings (SSSR count). The van der Waals surface area contributed by atoms with E-state index in [9.17, 15) is 4.79 Å². The van der Waals surface area contributed by atoms with Gasteiger partial charge in [0.15, 0.2) is 5.16 Å². The molecule has 1 unspecified atom stereocenters. The molecule has 0 bridgehead atoms. The van der Waals surface area contributed by atoms with Gasteiger partial charge in [0.25, 0.3) is 0 Å². The largest absolute Gasteiger partial charge is 0.384 e. The molecule has 5 nitrogen and oxygen atoms in total. The molecule has 0 aliphatic rings. The lowest BCUT2D eigenvalue weighted by molar-refractivity contribution is -0.130. The second-order valence-electron chi connectivity index (χ2n) is 5.31. The van der Waals surface area contributed by atoms with E-state index in [1.165, 1.54) is 11.8 Å². The Hall–Kier alpha value is -2.08. The van der Waals surface area contributed by atoms with Gasteiger partial charge in [-0.1, -0.05) is 42.1 Å². The molecule has 6 heteroatoms. The van der Waals surface area contributed by atoms with Gasteiger partial charge in [0.05, 0.1) is 5.25 Å². The lowest BCUT2D eigenvalue weighted by atomic mass is 10.2. The van der Waals surface area contributed by atoms with Gasteiger partial charge in [0.2, 0.25) is 5.91 Å². The number of hydrogen-bond acceptors (Lipinski definition) is 5. The van der Waals surface area contributed by atoms with Crippen molar-refractivity contribution in [2.24, 2.45) is 0 Å². The number of nitrogens with two attached hydrogens (primary N) is 1. The fraction of sp³-hybridized carbons (Fsp3) is 0.353. The number of thioether (sulfide) groups is 1. The second-order valence-corrected chi connectivity index (χ2v) is 6.62. The zero-order chi connectivity index (χ0) is 16.8. The summed E-state index contributed by atoms with van der Waals surface area (Å²) >= 11 is 1.34. The van der Waals surface area contributed by atoms with Crippen molar-refractivity contribution in [3.8, 4) is 0 Å². The van der Waals surface area contributed by atoms with E-state index in [0.29, 0.717) is 24.1 Å². The maximum absolute atomic E-state index is 12.7. The first-order chi connectivity index (χ1) is 11.0. The normalized spacial score (nSPS) is 12.0. The summed E-state index contributed by atoms with van der Waals surface area (Å²) in [6, 6.07) is 11.7. The van der Waals surface area contributed by atoms with Crippen LogP contribution in [0.15, 0.2) is 41.6 Å². The SMILES string of the molecule is CCN(Cc1ccccc1)C(=O)C(C)Sc1nc(C)cc(N)n1. The highest BCUT2D eigenvalue weighted by Crippen LogP contribution is 2.23. The molecule has 0 fully saturated rings. The van der Waals surface area contributed by atoms with E-state index in [0.717, 1.165) is 11.3 Å². The molecular weight excluding hydrogens is 308 g/mol. The van der Waals surface area contributed by atoms with Crippen LogP contribution in [0.25, 0.3) is 0 Å². The van der Waals surface area contributed by atoms with Gasteiger partial charge in [0.1, 0.15) is 5.82 Å². The van der Waals surface area contributed by atoms with Crippen molar-refractivity contribution in [3.05, 3.63) is 47.7 Å². The van der Waals surface area contributed by atoms with Gasteiger partial charge in [-0.25, -0.2) is 9.97 Å². The molecule has 0 radical (unpaired) electrons. The maximum Gasteiger partial charge on any atom is 0.236 e. The quantitative estimate of drug-likeness (QED) is 0.651. The fourth-order valence-corrected chi connectivity index (χ4v) is 3.15. The Morgan fingerprint density at radius 1 is 1.30 bits per heavy atom. The summed E-state index contributed by atoms with van der Waals surface area (Å²) in [7, 11) is 0. The van der Waals surface area contributed by atoms with Crippen LogP contribution in [-0.4, -0.2) is 32.6 Å². The Balaban J connectivity index is 2.04. The van der Waals surface area contributed by atoms with Crippen molar-refractivity contribution in [2.75, 3.05) is 12.3 Å². The number of carbonyl (C=O) groups excluding carboxylic acids is 1. The fourth-order valence-electron chi connectivity index (χ4n) is 2.23. The van der Waals surface area contributed by atoms with Crippen LogP contribution in [0.5, 0.6) is 0 Å². The molecule has 0 aliphatic carbocycles. The summed E-state index contributed by atoms with van der Waals surface area (Å²) < 4.78 is 0. The van der Waals surface area contributed by atoms with E-state index in [4.69, 9.17) is 5.73 Å². The third-order valence-corrected chi connectivity index (χ3v) is 4.34. The summed E-state index contributed by atoms with van der Waals surface area (Å²) in [5.74, 6) is 0.501. The molecule has 1 aromatic heterocycles. The number of anilines is 1. The van der Waals surface area contributed by atoms with Gasteiger partial charge in [-0.3, -0.25) is 4.79 Å². The summed E-state index contributed by atoms with van der Waals surface area (Å²) in [5, 5.41) is 0.277. The average Bonchev–Trinajstić information content (AvgIpc) is 2.52. The van der Waals surface area contributed by atoms with Crippen LogP contribution in [0.4, 0.5) is 5.82 Å². The van der Waals surface area contributed by atoms with E-state index in [1.807, 2.05) is 56.0 Å². The third-order valence-electron chi connectivity index (χ3n) is 3.39. The molecule has 23 heavy (non-hydrogen) atoms. The molecule has 1 amide bonds. The van der Waals surface area contributed by atoms with Crippen molar-refractivity contribution in [1.29, 1.82) is 0 Å². The van der Waals surface area contributed by atoms with E-state index >= 15 is 0 Å². The lowest BCUT2D eigenvalue weighted by Crippen LogP contribution is -2.36. The van der Waals surface area contributed by atoms with Crippen LogP contribution >= 0.6 is 11.8 Å². The summed E-state index contributed by atoms with van der Waals surface area (Å²) in [6.45, 7) is 7.00. The highest BCUT2D eigenvalue weighted by Gasteiger charge is 2.21. The molecule has 0 saturated heterocycles. The van der Waals surface area contributed by atoms with Gasteiger partial charge in [-0.05, 0) is 26.3 Å². The first-order valence-electron chi connectivity index (χ1n) is 7.60. The van der Waals surface area contributed by atoms with E-state index in [2.05, 4.69) is 9.97 Å². The number of nitrogens with zero attached hydrogens (tertiary/aromatic N) is 3. The molecule has 0 spiro atoms. The molecule has 2 aromatic rings. The first kappa shape index (κ1) is 17.3. The molecule has 2 N–H and O–H groups in total. The number of aryl methyl sites for hydroxylation is 1. The van der Waals surface area contributed by atoms with Crippen LogP contribution in [0.1, 0.15) is 25.1 Å². The molecular formula is C17H22N4OS. The Labute approximate surface area is 141 Å². The average molecular weight is 330 g/mol. The van der Waals surface area contributed by atoms with Gasteiger partial charge in [-0.15, -0.1) is 0 Å². The minimum Gasteiger partial charge on any atom is -0.384 e. The highest BCUT2D eigenvalue weighted by molar-refractivity contribution is 8.00. The van der Waals surface area contributed by atoms with E-state index < -0.39 is 0 Å². The summed E-state index contributed by atoms with van der Waals surface area (Å²) in [5.41, 5.74) is 7.66. The Bertz CT molecular complexity index is 643. The number of amides is 1. The first-order valence-corrected chi connectivity index (χ1v) is 8.48. The van der Waals surface area contributed by atoms with Crippen LogP contribution in [0.3, 0.4) is 0 Å². The van der Waals surface area contributed by atoms with E-state index in [1.54, 1.807) is 6.07 Å². The molecule has 0 aliphatic heterocycles. The zero-order valence-electron chi connectivity index (χ0n) is 13.7. The predicted octanol–water partition coefficient (Wildman–Crippen LogP) is 2.90. The topological polar surface area (TPSA) is 72.1 Å². The van der Waals surface area contributed by atoms with Gasteiger partial charge < -0.3 is 10.6 Å². The van der Waals surface area contributed by atoms with Crippen molar-refractivity contribution in [1.82, 2.24) is 14.9 Å². The van der Waals surface area contributed by atoms with Crippen molar-refractivity contribution >= 4 is 23.5 Å². The number of hydrogen-bond donors (Lipinski definition) is 1. The van der Waals surface area contributed by atoms with Crippen LogP contribution in [0.2, 0.25) is 0 Å². The Morgan fingerprint density at radius 2 is 2.00 bits per heavy atom.